The Morgan fingerprint density at radius 1 is 0.667 bits per heavy atom. The Morgan fingerprint density at radius 2 is 0.958 bits per heavy atom. The lowest BCUT2D eigenvalue weighted by Crippen LogP contribution is -2.50. The summed E-state index contributed by atoms with van der Waals surface area (Å²) in [5.41, 5.74) is 0.160. The maximum absolute atomic E-state index is 5.70. The summed E-state index contributed by atoms with van der Waals surface area (Å²) >= 11 is 0. The van der Waals surface area contributed by atoms with Crippen molar-refractivity contribution in [2.75, 3.05) is 42.7 Å². The van der Waals surface area contributed by atoms with Crippen molar-refractivity contribution in [1.82, 2.24) is 0 Å². The Hall–Kier alpha value is -0.586. The van der Waals surface area contributed by atoms with Crippen LogP contribution in [0, 0.1) is 0 Å². The first kappa shape index (κ1) is 21.5. The van der Waals surface area contributed by atoms with Gasteiger partial charge >= 0.3 is 0 Å². The molecule has 8 heteroatoms. The Kier molecular flexibility index (Phi) is 8.23. The molecule has 0 amide bonds. The molecule has 1 rings (SSSR count). The normalized spacial score (nSPS) is 15.3. The second kappa shape index (κ2) is 9.21. The zero-order valence-electron chi connectivity index (χ0n) is 14.9. The van der Waals surface area contributed by atoms with Crippen LogP contribution in [0.1, 0.15) is 11.1 Å². The van der Waals surface area contributed by atoms with Crippen LogP contribution in [0.3, 0.4) is 0 Å². The highest BCUT2D eigenvalue weighted by Gasteiger charge is 2.48. The van der Waals surface area contributed by atoms with E-state index in [0.29, 0.717) is 11.1 Å². The van der Waals surface area contributed by atoms with Gasteiger partial charge < -0.3 is 28.4 Å². The number of hydrogen-bond acceptors (Lipinski definition) is 6. The topological polar surface area (TPSA) is 55.4 Å². The number of hydrogen-bond donors (Lipinski definition) is 0. The highest BCUT2D eigenvalue weighted by molar-refractivity contribution is 6.12. The SMILES string of the molecule is COC([Si])C(OC)(OC)c1ccccc1C(OC)(OC)C([Si])OC. The highest BCUT2D eigenvalue weighted by Crippen LogP contribution is 2.40. The molecule has 0 spiro atoms. The molecule has 0 saturated carbocycles. The van der Waals surface area contributed by atoms with Gasteiger partial charge in [-0.1, -0.05) is 24.3 Å². The molecule has 2 unspecified atom stereocenters. The Bertz CT molecular complexity index is 460. The van der Waals surface area contributed by atoms with Crippen LogP contribution in [0.5, 0.6) is 0 Å². The summed E-state index contributed by atoms with van der Waals surface area (Å²) in [7, 11) is 16.3. The fourth-order valence-electron chi connectivity index (χ4n) is 2.72. The van der Waals surface area contributed by atoms with Crippen molar-refractivity contribution >= 4 is 20.5 Å². The lowest BCUT2D eigenvalue weighted by Gasteiger charge is -2.42. The summed E-state index contributed by atoms with van der Waals surface area (Å²) < 4.78 is 33.6. The minimum absolute atomic E-state index is 0.587. The molecule has 0 aliphatic carbocycles. The van der Waals surface area contributed by atoms with Crippen LogP contribution < -0.4 is 0 Å². The van der Waals surface area contributed by atoms with Crippen molar-refractivity contribution in [3.8, 4) is 0 Å². The van der Waals surface area contributed by atoms with E-state index in [4.69, 9.17) is 28.4 Å². The van der Waals surface area contributed by atoms with Gasteiger partial charge in [-0.2, -0.15) is 0 Å². The lowest BCUT2D eigenvalue weighted by atomic mass is 9.93. The van der Waals surface area contributed by atoms with E-state index in [1.54, 1.807) is 14.2 Å². The molecule has 1 aromatic rings. The second-order valence-electron chi connectivity index (χ2n) is 4.93. The predicted octanol–water partition coefficient (Wildman–Crippen LogP) is 0.860. The van der Waals surface area contributed by atoms with Crippen molar-refractivity contribution in [2.45, 2.75) is 23.0 Å². The van der Waals surface area contributed by atoms with Gasteiger partial charge in [-0.05, 0) is 0 Å². The molecule has 1 aromatic carbocycles. The second-order valence-corrected chi connectivity index (χ2v) is 5.98. The summed E-state index contributed by atoms with van der Waals surface area (Å²) in [6.45, 7) is 0. The van der Waals surface area contributed by atoms with E-state index < -0.39 is 23.0 Å². The van der Waals surface area contributed by atoms with Gasteiger partial charge in [0.05, 0.1) is 31.9 Å². The monoisotopic (exact) mass is 368 g/mol. The van der Waals surface area contributed by atoms with Gasteiger partial charge in [-0.3, -0.25) is 0 Å². The van der Waals surface area contributed by atoms with E-state index in [0.717, 1.165) is 0 Å². The summed E-state index contributed by atoms with van der Waals surface area (Å²) in [5.74, 6) is -2.46. The van der Waals surface area contributed by atoms with Crippen LogP contribution in [0.25, 0.3) is 0 Å². The largest absolute Gasteiger partial charge is 0.380 e. The molecule has 0 saturated heterocycles. The molecule has 0 heterocycles. The van der Waals surface area contributed by atoms with Crippen molar-refractivity contribution in [1.29, 1.82) is 0 Å². The number of ether oxygens (including phenoxy) is 6. The van der Waals surface area contributed by atoms with Gasteiger partial charge in [0.2, 0.25) is 11.6 Å². The van der Waals surface area contributed by atoms with Gasteiger partial charge in [-0.15, -0.1) is 0 Å². The van der Waals surface area contributed by atoms with Crippen LogP contribution in [-0.4, -0.2) is 74.6 Å². The molecular weight excluding hydrogens is 344 g/mol. The van der Waals surface area contributed by atoms with Crippen LogP contribution in [-0.2, 0) is 40.0 Å². The van der Waals surface area contributed by atoms with Gasteiger partial charge in [0.1, 0.15) is 0 Å². The molecule has 0 bridgehead atoms. The summed E-state index contributed by atoms with van der Waals surface area (Å²) in [6, 6.07) is 7.45. The number of methoxy groups -OCH3 is 6. The number of rotatable bonds is 10. The molecule has 2 atom stereocenters. The average molecular weight is 369 g/mol. The van der Waals surface area contributed by atoms with Crippen molar-refractivity contribution < 1.29 is 28.4 Å². The fraction of sp³-hybridized carbons (Fsp3) is 0.625. The van der Waals surface area contributed by atoms with Crippen molar-refractivity contribution in [3.63, 3.8) is 0 Å². The van der Waals surface area contributed by atoms with E-state index in [1.807, 2.05) is 24.3 Å². The van der Waals surface area contributed by atoms with Crippen molar-refractivity contribution in [2.24, 2.45) is 0 Å². The quantitative estimate of drug-likeness (QED) is 0.451. The first-order valence-electron chi connectivity index (χ1n) is 7.22. The van der Waals surface area contributed by atoms with Crippen LogP contribution in [0.4, 0.5) is 0 Å². The first-order valence-corrected chi connectivity index (χ1v) is 8.37. The predicted molar refractivity (Wildman–Crippen MR) is 90.9 cm³/mol. The average Bonchev–Trinajstić information content (AvgIpc) is 2.65. The third-order valence-corrected chi connectivity index (χ3v) is 5.28. The minimum Gasteiger partial charge on any atom is -0.380 e. The first-order chi connectivity index (χ1) is 11.4. The minimum atomic E-state index is -1.23. The molecule has 6 nitrogen and oxygen atoms in total. The molecule has 0 N–H and O–H groups in total. The zero-order chi connectivity index (χ0) is 18.4. The molecule has 0 aromatic heterocycles. The standard InChI is InChI=1S/C16H24O6Si2/c1-17-13(23)15(19-3,20-4)11-9-7-8-10-12(11)16(21-5,22-6)14(24)18-2/h7-10,13-14H,1-6H3. The molecule has 24 heavy (non-hydrogen) atoms. The van der Waals surface area contributed by atoms with Gasteiger partial charge in [0.15, 0.2) is 0 Å². The van der Waals surface area contributed by atoms with E-state index in [9.17, 15) is 0 Å². The highest BCUT2D eigenvalue weighted by atomic mass is 28.1. The van der Waals surface area contributed by atoms with Gasteiger partial charge in [0, 0.05) is 53.8 Å². The molecule has 0 fully saturated rings. The summed E-state index contributed by atoms with van der Waals surface area (Å²) in [5, 5.41) is 0. The zero-order valence-corrected chi connectivity index (χ0v) is 16.9. The van der Waals surface area contributed by atoms with E-state index in [2.05, 4.69) is 20.5 Å². The number of benzene rings is 1. The van der Waals surface area contributed by atoms with E-state index >= 15 is 0 Å². The third kappa shape index (κ3) is 3.51. The van der Waals surface area contributed by atoms with Gasteiger partial charge in [0.25, 0.3) is 0 Å². The summed E-state index contributed by atoms with van der Waals surface area (Å²) in [6.07, 6.45) is 0. The maximum Gasteiger partial charge on any atom is 0.218 e. The molecular formula is C16H24O6Si2. The Balaban J connectivity index is 3.69. The Morgan fingerprint density at radius 3 is 1.17 bits per heavy atom. The molecule has 132 valence electrons. The summed E-state index contributed by atoms with van der Waals surface area (Å²) in [4.78, 5) is 0. The van der Waals surface area contributed by atoms with Crippen LogP contribution in [0.2, 0.25) is 0 Å². The van der Waals surface area contributed by atoms with Crippen LogP contribution >= 0.6 is 0 Å². The Labute approximate surface area is 150 Å². The lowest BCUT2D eigenvalue weighted by molar-refractivity contribution is -0.271. The van der Waals surface area contributed by atoms with Crippen molar-refractivity contribution in [3.05, 3.63) is 35.4 Å². The van der Waals surface area contributed by atoms with Crippen LogP contribution in [0.15, 0.2) is 24.3 Å². The van der Waals surface area contributed by atoms with Gasteiger partial charge in [-0.25, -0.2) is 0 Å². The molecule has 6 radical (unpaired) electrons. The maximum atomic E-state index is 5.70. The fourth-order valence-corrected chi connectivity index (χ4v) is 3.50. The molecule has 0 aliphatic heterocycles. The van der Waals surface area contributed by atoms with E-state index in [1.165, 1.54) is 28.4 Å². The third-order valence-electron chi connectivity index (χ3n) is 4.05. The molecule has 0 aliphatic rings. The van der Waals surface area contributed by atoms with E-state index in [-0.39, 0.29) is 0 Å². The smallest absolute Gasteiger partial charge is 0.218 e.